The van der Waals surface area contributed by atoms with Crippen LogP contribution in [0.2, 0.25) is 0 Å². The van der Waals surface area contributed by atoms with Crippen LogP contribution in [0.3, 0.4) is 0 Å². The zero-order valence-corrected chi connectivity index (χ0v) is 32.3. The molecule has 0 rings (SSSR count). The molecule has 0 aliphatic carbocycles. The highest BCUT2D eigenvalue weighted by molar-refractivity contribution is 5.71. The third-order valence-electron chi connectivity index (χ3n) is 9.36. The first-order chi connectivity index (χ1) is 23.5. The van der Waals surface area contributed by atoms with Crippen molar-refractivity contribution in [3.63, 3.8) is 0 Å². The van der Waals surface area contributed by atoms with Crippen molar-refractivity contribution in [3.05, 3.63) is 0 Å². The van der Waals surface area contributed by atoms with E-state index in [1.165, 1.54) is 128 Å². The summed E-state index contributed by atoms with van der Waals surface area (Å²) in [5.41, 5.74) is 0. The molecule has 48 heavy (non-hydrogen) atoms. The minimum atomic E-state index is -0.755. The molecule has 0 saturated heterocycles. The van der Waals surface area contributed by atoms with Gasteiger partial charge in [-0.15, -0.1) is 0 Å². The van der Waals surface area contributed by atoms with E-state index in [0.717, 1.165) is 64.2 Å². The van der Waals surface area contributed by atoms with Crippen LogP contribution in [0, 0.1) is 0 Å². The quantitative estimate of drug-likeness (QED) is 0.0367. The van der Waals surface area contributed by atoms with Crippen molar-refractivity contribution in [2.45, 2.75) is 239 Å². The molecule has 0 aliphatic heterocycles. The highest BCUT2D eigenvalue weighted by atomic mass is 16.6. The van der Waals surface area contributed by atoms with Gasteiger partial charge in [-0.1, -0.05) is 194 Å². The van der Waals surface area contributed by atoms with Gasteiger partial charge in [-0.2, -0.15) is 0 Å². The van der Waals surface area contributed by atoms with Gasteiger partial charge in [0.25, 0.3) is 0 Å². The van der Waals surface area contributed by atoms with Crippen molar-refractivity contribution < 1.29 is 28.6 Å². The highest BCUT2D eigenvalue weighted by Crippen LogP contribution is 2.15. The summed E-state index contributed by atoms with van der Waals surface area (Å²) >= 11 is 0. The topological polar surface area (TPSA) is 78.9 Å². The molecule has 284 valence electrons. The molecule has 0 amide bonds. The second kappa shape index (κ2) is 38.2. The molecule has 0 N–H and O–H groups in total. The maximum Gasteiger partial charge on any atom is 0.306 e. The van der Waals surface area contributed by atoms with Crippen LogP contribution in [0.1, 0.15) is 233 Å². The minimum Gasteiger partial charge on any atom is -0.462 e. The van der Waals surface area contributed by atoms with E-state index in [1.54, 1.807) is 0 Å². The molecular weight excluding hydrogens is 600 g/mol. The summed E-state index contributed by atoms with van der Waals surface area (Å²) < 4.78 is 16.6. The van der Waals surface area contributed by atoms with Gasteiger partial charge in [0.05, 0.1) is 0 Å². The normalized spacial score (nSPS) is 11.8. The maximum atomic E-state index is 12.6. The number of rotatable bonds is 38. The summed E-state index contributed by atoms with van der Waals surface area (Å²) in [6, 6.07) is 0. The summed E-state index contributed by atoms with van der Waals surface area (Å²) in [5, 5.41) is 0. The largest absolute Gasteiger partial charge is 0.462 e. The number of unbranched alkanes of at least 4 members (excludes halogenated alkanes) is 27. The van der Waals surface area contributed by atoms with Gasteiger partial charge >= 0.3 is 17.9 Å². The number of hydrogen-bond donors (Lipinski definition) is 0. The first-order valence-electron chi connectivity index (χ1n) is 21.0. The molecule has 0 heterocycles. The van der Waals surface area contributed by atoms with Crippen LogP contribution in [-0.2, 0) is 28.6 Å². The van der Waals surface area contributed by atoms with Gasteiger partial charge in [0.1, 0.15) is 13.2 Å². The lowest BCUT2D eigenvalue weighted by Crippen LogP contribution is -2.30. The lowest BCUT2D eigenvalue weighted by Gasteiger charge is -2.18. The van der Waals surface area contributed by atoms with Crippen LogP contribution in [0.25, 0.3) is 0 Å². The SMILES string of the molecule is CCCCCCCCCCCCCCCCC(=O)O[C@H](COC(=O)CCCCCCC)COC(=O)CCCCCCCCCCCCC. The smallest absolute Gasteiger partial charge is 0.306 e. The van der Waals surface area contributed by atoms with Crippen molar-refractivity contribution in [2.24, 2.45) is 0 Å². The molecule has 1 atom stereocenters. The van der Waals surface area contributed by atoms with Gasteiger partial charge in [0.2, 0.25) is 0 Å². The third-order valence-corrected chi connectivity index (χ3v) is 9.36. The summed E-state index contributed by atoms with van der Waals surface area (Å²) in [4.78, 5) is 37.3. The lowest BCUT2D eigenvalue weighted by atomic mass is 10.0. The van der Waals surface area contributed by atoms with Crippen LogP contribution in [0.4, 0.5) is 0 Å². The molecule has 0 radical (unpaired) electrons. The van der Waals surface area contributed by atoms with E-state index >= 15 is 0 Å². The lowest BCUT2D eigenvalue weighted by molar-refractivity contribution is -0.167. The van der Waals surface area contributed by atoms with Crippen LogP contribution < -0.4 is 0 Å². The highest BCUT2D eigenvalue weighted by Gasteiger charge is 2.19. The van der Waals surface area contributed by atoms with E-state index in [-0.39, 0.29) is 31.1 Å². The fourth-order valence-corrected chi connectivity index (χ4v) is 6.15. The van der Waals surface area contributed by atoms with E-state index in [2.05, 4.69) is 20.8 Å². The van der Waals surface area contributed by atoms with E-state index < -0.39 is 6.10 Å². The summed E-state index contributed by atoms with van der Waals surface area (Å²) in [6.07, 6.45) is 36.8. The van der Waals surface area contributed by atoms with Crippen molar-refractivity contribution >= 4 is 17.9 Å². The van der Waals surface area contributed by atoms with Gasteiger partial charge in [-0.25, -0.2) is 0 Å². The molecule has 6 heteroatoms. The van der Waals surface area contributed by atoms with Crippen molar-refractivity contribution in [2.75, 3.05) is 13.2 Å². The molecule has 0 aromatic heterocycles. The number of hydrogen-bond acceptors (Lipinski definition) is 6. The van der Waals surface area contributed by atoms with Gasteiger partial charge < -0.3 is 14.2 Å². The average Bonchev–Trinajstić information content (AvgIpc) is 3.08. The van der Waals surface area contributed by atoms with Gasteiger partial charge in [0, 0.05) is 19.3 Å². The Balaban J connectivity index is 4.22. The first-order valence-corrected chi connectivity index (χ1v) is 21.0. The van der Waals surface area contributed by atoms with Crippen LogP contribution in [-0.4, -0.2) is 37.2 Å². The molecule has 0 spiro atoms. The number of carbonyl (C=O) groups excluding carboxylic acids is 3. The van der Waals surface area contributed by atoms with Crippen LogP contribution in [0.15, 0.2) is 0 Å². The number of carbonyl (C=O) groups is 3. The molecule has 0 bridgehead atoms. The molecule has 0 aliphatic rings. The number of ether oxygens (including phenoxy) is 3. The second-order valence-corrected chi connectivity index (χ2v) is 14.3. The molecule has 0 saturated carbocycles. The van der Waals surface area contributed by atoms with E-state index in [4.69, 9.17) is 14.2 Å². The standard InChI is InChI=1S/C42H80O6/c1-4-7-10-13-15-17-19-20-21-23-25-27-30-33-36-42(45)48-39(37-46-40(43)34-31-28-12-9-6-3)38-47-41(44)35-32-29-26-24-22-18-16-14-11-8-5-2/h39H,4-38H2,1-3H3/t39-/m1/s1. The summed E-state index contributed by atoms with van der Waals surface area (Å²) in [5.74, 6) is -0.871. The van der Waals surface area contributed by atoms with Gasteiger partial charge in [-0.05, 0) is 19.3 Å². The molecule has 0 aromatic carbocycles. The average molecular weight is 681 g/mol. The minimum absolute atomic E-state index is 0.0644. The monoisotopic (exact) mass is 681 g/mol. The molecule has 6 nitrogen and oxygen atoms in total. The Morgan fingerprint density at radius 3 is 0.833 bits per heavy atom. The zero-order chi connectivity index (χ0) is 35.2. The molecule has 0 unspecified atom stereocenters. The van der Waals surface area contributed by atoms with E-state index in [0.29, 0.717) is 19.3 Å². The Hall–Kier alpha value is -1.59. The Labute approximate surface area is 298 Å². The zero-order valence-electron chi connectivity index (χ0n) is 32.3. The summed E-state index contributed by atoms with van der Waals surface area (Å²) in [7, 11) is 0. The fourth-order valence-electron chi connectivity index (χ4n) is 6.15. The van der Waals surface area contributed by atoms with Gasteiger partial charge in [-0.3, -0.25) is 14.4 Å². The Bertz CT molecular complexity index is 708. The second-order valence-electron chi connectivity index (χ2n) is 14.3. The van der Waals surface area contributed by atoms with Gasteiger partial charge in [0.15, 0.2) is 6.10 Å². The summed E-state index contributed by atoms with van der Waals surface area (Å²) in [6.45, 7) is 6.55. The molecule has 0 fully saturated rings. The maximum absolute atomic E-state index is 12.6. The Kier molecular flexibility index (Phi) is 36.9. The van der Waals surface area contributed by atoms with Crippen molar-refractivity contribution in [1.29, 1.82) is 0 Å². The number of esters is 3. The molecular formula is C42H80O6. The van der Waals surface area contributed by atoms with Crippen molar-refractivity contribution in [1.82, 2.24) is 0 Å². The molecule has 0 aromatic rings. The predicted molar refractivity (Wildman–Crippen MR) is 201 cm³/mol. The fraction of sp³-hybridized carbons (Fsp3) is 0.929. The third kappa shape index (κ3) is 35.7. The van der Waals surface area contributed by atoms with Crippen LogP contribution >= 0.6 is 0 Å². The van der Waals surface area contributed by atoms with E-state index in [1.807, 2.05) is 0 Å². The van der Waals surface area contributed by atoms with Crippen molar-refractivity contribution in [3.8, 4) is 0 Å². The van der Waals surface area contributed by atoms with E-state index in [9.17, 15) is 14.4 Å². The first kappa shape index (κ1) is 46.4. The predicted octanol–water partition coefficient (Wildman–Crippen LogP) is 12.9. The Morgan fingerprint density at radius 2 is 0.562 bits per heavy atom. The Morgan fingerprint density at radius 1 is 0.333 bits per heavy atom. The van der Waals surface area contributed by atoms with Crippen LogP contribution in [0.5, 0.6) is 0 Å².